The predicted octanol–water partition coefficient (Wildman–Crippen LogP) is 6.81. The van der Waals surface area contributed by atoms with Crippen molar-refractivity contribution in [3.05, 3.63) is 102 Å². The van der Waals surface area contributed by atoms with Crippen LogP contribution in [0.25, 0.3) is 20.9 Å². The Balaban J connectivity index is 1.99. The van der Waals surface area contributed by atoms with Gasteiger partial charge in [0.25, 0.3) is 11.4 Å². The Morgan fingerprint density at radius 3 is 1.47 bits per heavy atom. The van der Waals surface area contributed by atoms with Crippen molar-refractivity contribution in [2.75, 3.05) is 0 Å². The maximum Gasteiger partial charge on any atom is 0.278 e. The fourth-order valence-electron chi connectivity index (χ4n) is 3.55. The van der Waals surface area contributed by atoms with Gasteiger partial charge in [0, 0.05) is 33.0 Å². The molecular formula is C23H16N2O5S2. The van der Waals surface area contributed by atoms with Crippen molar-refractivity contribution < 1.29 is 14.6 Å². The third-order valence-electron chi connectivity index (χ3n) is 4.92. The van der Waals surface area contributed by atoms with Crippen LogP contribution >= 0.6 is 22.7 Å². The third kappa shape index (κ3) is 3.83. The van der Waals surface area contributed by atoms with Crippen LogP contribution < -0.4 is 0 Å². The molecule has 0 aliphatic heterocycles. The van der Waals surface area contributed by atoms with E-state index in [1.54, 1.807) is 12.1 Å². The molecule has 0 aliphatic carbocycles. The summed E-state index contributed by atoms with van der Waals surface area (Å²) in [5, 5.41) is 27.2. The van der Waals surface area contributed by atoms with Gasteiger partial charge < -0.3 is 0 Å². The molecule has 0 unspecified atom stereocenters. The van der Waals surface area contributed by atoms with Crippen molar-refractivity contribution >= 4 is 39.8 Å². The Morgan fingerprint density at radius 2 is 1.16 bits per heavy atom. The minimum atomic E-state index is -0.516. The highest BCUT2D eigenvalue weighted by Gasteiger charge is 2.29. The Labute approximate surface area is 190 Å². The number of hydrogen-bond acceptors (Lipinski definition) is 7. The largest absolute Gasteiger partial charge is 0.289 e. The first-order valence-corrected chi connectivity index (χ1v) is 11.2. The van der Waals surface area contributed by atoms with Gasteiger partial charge in [0.2, 0.25) is 0 Å². The van der Waals surface area contributed by atoms with E-state index < -0.39 is 15.6 Å². The minimum Gasteiger partial charge on any atom is -0.289 e. The van der Waals surface area contributed by atoms with Gasteiger partial charge in [0.15, 0.2) is 5.78 Å². The quantitative estimate of drug-likeness (QED) is 0.177. The van der Waals surface area contributed by atoms with Crippen LogP contribution in [0.3, 0.4) is 0 Å². The summed E-state index contributed by atoms with van der Waals surface area (Å²) >= 11 is 2.62. The number of aryl methyl sites for hydroxylation is 2. The van der Waals surface area contributed by atoms with E-state index in [1.807, 2.05) is 24.6 Å². The fourth-order valence-corrected chi connectivity index (χ4v) is 5.49. The molecule has 2 heterocycles. The van der Waals surface area contributed by atoms with Crippen LogP contribution in [-0.2, 0) is 0 Å². The molecular weight excluding hydrogens is 448 g/mol. The number of thiophene rings is 2. The van der Waals surface area contributed by atoms with Crippen LogP contribution in [0.1, 0.15) is 27.0 Å². The van der Waals surface area contributed by atoms with Crippen molar-refractivity contribution in [1.29, 1.82) is 0 Å². The standard InChI is InChI=1S/C23H16N2O5S2/c1-13-9-19(31-11-13)21-15(5-3-7-17(21)24(27)28)23(26)16-6-4-8-18(25(29)30)22(16)20-10-14(2)12-32-20/h3-12H,1-2H3. The van der Waals surface area contributed by atoms with Gasteiger partial charge in [-0.05, 0) is 60.0 Å². The summed E-state index contributed by atoms with van der Waals surface area (Å²) in [6.07, 6.45) is 0. The normalized spacial score (nSPS) is 10.8. The van der Waals surface area contributed by atoms with Gasteiger partial charge in [-0.15, -0.1) is 22.7 Å². The summed E-state index contributed by atoms with van der Waals surface area (Å²) in [6.45, 7) is 3.74. The zero-order chi connectivity index (χ0) is 23.0. The number of rotatable bonds is 6. The van der Waals surface area contributed by atoms with E-state index in [0.717, 1.165) is 11.1 Å². The van der Waals surface area contributed by atoms with E-state index >= 15 is 0 Å². The van der Waals surface area contributed by atoms with Gasteiger partial charge in [-0.25, -0.2) is 0 Å². The van der Waals surface area contributed by atoms with E-state index in [2.05, 4.69) is 0 Å². The summed E-state index contributed by atoms with van der Waals surface area (Å²) in [5.41, 5.74) is 2.19. The van der Waals surface area contributed by atoms with Crippen LogP contribution in [0.4, 0.5) is 11.4 Å². The molecule has 32 heavy (non-hydrogen) atoms. The van der Waals surface area contributed by atoms with Gasteiger partial charge in [-0.2, -0.15) is 0 Å². The number of carbonyl (C=O) groups excluding carboxylic acids is 1. The molecule has 2 aromatic carbocycles. The number of hydrogen-bond donors (Lipinski definition) is 0. The highest BCUT2D eigenvalue weighted by Crippen LogP contribution is 2.41. The lowest BCUT2D eigenvalue weighted by molar-refractivity contribution is -0.384. The molecule has 2 aromatic heterocycles. The SMILES string of the molecule is Cc1csc(-c2c(C(=O)c3cccc([N+](=O)[O-])c3-c3cc(C)cs3)cccc2[N+](=O)[O-])c1. The van der Waals surface area contributed by atoms with Gasteiger partial charge in [-0.3, -0.25) is 25.0 Å². The molecule has 7 nitrogen and oxygen atoms in total. The molecule has 0 N–H and O–H groups in total. The summed E-state index contributed by atoms with van der Waals surface area (Å²) < 4.78 is 0. The molecule has 0 aliphatic rings. The average molecular weight is 465 g/mol. The minimum absolute atomic E-state index is 0.135. The second-order valence-electron chi connectivity index (χ2n) is 7.22. The Bertz CT molecular complexity index is 1280. The highest BCUT2D eigenvalue weighted by atomic mass is 32.1. The van der Waals surface area contributed by atoms with Crippen LogP contribution in [0.2, 0.25) is 0 Å². The van der Waals surface area contributed by atoms with E-state index in [-0.39, 0.29) is 33.6 Å². The van der Waals surface area contributed by atoms with Gasteiger partial charge in [0.05, 0.1) is 21.0 Å². The first kappa shape index (κ1) is 21.5. The van der Waals surface area contributed by atoms with Crippen molar-refractivity contribution in [2.24, 2.45) is 0 Å². The van der Waals surface area contributed by atoms with Crippen LogP contribution in [0.15, 0.2) is 59.3 Å². The van der Waals surface area contributed by atoms with Crippen molar-refractivity contribution in [2.45, 2.75) is 13.8 Å². The second-order valence-corrected chi connectivity index (χ2v) is 9.04. The number of nitrogens with zero attached hydrogens (tertiary/aromatic N) is 2. The summed E-state index contributed by atoms with van der Waals surface area (Å²) in [6, 6.07) is 12.3. The monoisotopic (exact) mass is 464 g/mol. The van der Waals surface area contributed by atoms with Crippen molar-refractivity contribution in [3.63, 3.8) is 0 Å². The number of nitro groups is 2. The molecule has 0 atom stereocenters. The molecule has 0 amide bonds. The molecule has 0 saturated carbocycles. The number of benzene rings is 2. The van der Waals surface area contributed by atoms with Gasteiger partial charge >= 0.3 is 0 Å². The summed E-state index contributed by atoms with van der Waals surface area (Å²) in [4.78, 5) is 37.4. The Kier molecular flexibility index (Phi) is 5.68. The van der Waals surface area contributed by atoms with Crippen molar-refractivity contribution in [3.8, 4) is 20.9 Å². The van der Waals surface area contributed by atoms with Crippen LogP contribution in [0.5, 0.6) is 0 Å². The lowest BCUT2D eigenvalue weighted by Gasteiger charge is -2.11. The predicted molar refractivity (Wildman–Crippen MR) is 126 cm³/mol. The maximum atomic E-state index is 13.8. The maximum absolute atomic E-state index is 13.8. The van der Waals surface area contributed by atoms with Gasteiger partial charge in [-0.1, -0.05) is 12.1 Å². The third-order valence-corrected chi connectivity index (χ3v) is 7.05. The van der Waals surface area contributed by atoms with Crippen LogP contribution in [0, 0.1) is 34.1 Å². The molecule has 4 rings (SSSR count). The summed E-state index contributed by atoms with van der Waals surface area (Å²) in [5.74, 6) is -0.500. The van der Waals surface area contributed by atoms with Crippen LogP contribution in [-0.4, -0.2) is 15.6 Å². The number of ketones is 1. The second kappa shape index (κ2) is 8.45. The van der Waals surface area contributed by atoms with Gasteiger partial charge in [0.1, 0.15) is 0 Å². The molecule has 0 saturated heterocycles. The summed E-state index contributed by atoms with van der Waals surface area (Å²) in [7, 11) is 0. The Morgan fingerprint density at radius 1 is 0.750 bits per heavy atom. The molecule has 160 valence electrons. The van der Waals surface area contributed by atoms with E-state index in [1.165, 1.54) is 59.1 Å². The zero-order valence-electron chi connectivity index (χ0n) is 17.0. The number of nitro benzene ring substituents is 2. The first-order chi connectivity index (χ1) is 15.3. The highest BCUT2D eigenvalue weighted by molar-refractivity contribution is 7.14. The molecule has 0 spiro atoms. The van der Waals surface area contributed by atoms with E-state index in [4.69, 9.17) is 0 Å². The smallest absolute Gasteiger partial charge is 0.278 e. The lowest BCUT2D eigenvalue weighted by atomic mass is 9.92. The van der Waals surface area contributed by atoms with E-state index in [0.29, 0.717) is 9.75 Å². The van der Waals surface area contributed by atoms with E-state index in [9.17, 15) is 25.0 Å². The first-order valence-electron chi connectivity index (χ1n) is 9.48. The molecule has 4 aromatic rings. The number of carbonyl (C=O) groups is 1. The average Bonchev–Trinajstić information content (AvgIpc) is 3.40. The Hall–Kier alpha value is -3.69. The van der Waals surface area contributed by atoms with Crippen molar-refractivity contribution in [1.82, 2.24) is 0 Å². The fraction of sp³-hybridized carbons (Fsp3) is 0.0870. The molecule has 0 radical (unpaired) electrons. The molecule has 0 fully saturated rings. The lowest BCUT2D eigenvalue weighted by Crippen LogP contribution is -2.08. The molecule has 9 heteroatoms. The molecule has 0 bridgehead atoms. The zero-order valence-corrected chi connectivity index (χ0v) is 18.7. The topological polar surface area (TPSA) is 103 Å².